The molecule has 2 aromatic rings. The Balaban J connectivity index is 1.92. The summed E-state index contributed by atoms with van der Waals surface area (Å²) in [5.41, 5.74) is 4.23. The number of halogens is 1. The summed E-state index contributed by atoms with van der Waals surface area (Å²) in [7, 11) is 0. The van der Waals surface area contributed by atoms with Crippen molar-refractivity contribution >= 4 is 15.9 Å². The molecule has 0 spiro atoms. The van der Waals surface area contributed by atoms with Crippen LogP contribution in [0.25, 0.3) is 0 Å². The number of benzene rings is 2. The van der Waals surface area contributed by atoms with Crippen LogP contribution in [0.2, 0.25) is 0 Å². The van der Waals surface area contributed by atoms with Gasteiger partial charge in [-0.05, 0) is 34.4 Å². The molecule has 2 aromatic carbocycles. The molecule has 0 fully saturated rings. The van der Waals surface area contributed by atoms with Crippen molar-refractivity contribution in [1.82, 2.24) is 0 Å². The number of hydrogen-bond donors (Lipinski definition) is 1. The molecule has 1 atom stereocenters. The monoisotopic (exact) mass is 304 g/mol. The van der Waals surface area contributed by atoms with Gasteiger partial charge in [0.1, 0.15) is 6.10 Å². The first-order valence-electron chi connectivity index (χ1n) is 5.87. The number of ether oxygens (including phenoxy) is 1. The topological polar surface area (TPSA) is 29.5 Å². The quantitative estimate of drug-likeness (QED) is 0.919. The van der Waals surface area contributed by atoms with E-state index in [-0.39, 0.29) is 0 Å². The Labute approximate surface area is 114 Å². The molecular weight excluding hydrogens is 292 g/mol. The van der Waals surface area contributed by atoms with E-state index in [0.29, 0.717) is 13.2 Å². The van der Waals surface area contributed by atoms with Crippen LogP contribution in [0.1, 0.15) is 28.4 Å². The second-order valence-corrected chi connectivity index (χ2v) is 5.39. The molecule has 0 saturated carbocycles. The van der Waals surface area contributed by atoms with Crippen molar-refractivity contribution in [2.75, 3.05) is 0 Å². The van der Waals surface area contributed by atoms with Crippen molar-refractivity contribution in [3.63, 3.8) is 0 Å². The lowest BCUT2D eigenvalue weighted by Crippen LogP contribution is -2.00. The van der Waals surface area contributed by atoms with E-state index in [1.54, 1.807) is 0 Å². The summed E-state index contributed by atoms with van der Waals surface area (Å²) < 4.78 is 6.40. The van der Waals surface area contributed by atoms with Crippen LogP contribution in [-0.2, 0) is 18.0 Å². The van der Waals surface area contributed by atoms with Gasteiger partial charge in [-0.25, -0.2) is 0 Å². The van der Waals surface area contributed by atoms with Gasteiger partial charge in [-0.3, -0.25) is 0 Å². The van der Waals surface area contributed by atoms with Crippen LogP contribution in [-0.4, -0.2) is 5.11 Å². The van der Waals surface area contributed by atoms with Crippen LogP contribution in [0.15, 0.2) is 46.9 Å². The summed E-state index contributed by atoms with van der Waals surface area (Å²) >= 11 is 3.39. The zero-order chi connectivity index (χ0) is 12.5. The summed E-state index contributed by atoms with van der Waals surface area (Å²) in [5.74, 6) is 0. The van der Waals surface area contributed by atoms with E-state index < -0.39 is 6.10 Å². The zero-order valence-electron chi connectivity index (χ0n) is 9.77. The lowest BCUT2D eigenvalue weighted by molar-refractivity contribution is 0.134. The van der Waals surface area contributed by atoms with E-state index in [4.69, 9.17) is 4.74 Å². The zero-order valence-corrected chi connectivity index (χ0v) is 11.4. The molecule has 18 heavy (non-hydrogen) atoms. The SMILES string of the molecule is OC(c1ccc(Br)cc1)c1ccc2c(c1)COC2. The molecule has 1 heterocycles. The van der Waals surface area contributed by atoms with Gasteiger partial charge in [0.05, 0.1) is 13.2 Å². The molecule has 92 valence electrons. The van der Waals surface area contributed by atoms with Gasteiger partial charge in [-0.1, -0.05) is 46.3 Å². The van der Waals surface area contributed by atoms with Gasteiger partial charge in [0.2, 0.25) is 0 Å². The molecule has 0 bridgehead atoms. The summed E-state index contributed by atoms with van der Waals surface area (Å²) in [5, 5.41) is 10.4. The van der Waals surface area contributed by atoms with Crippen molar-refractivity contribution < 1.29 is 9.84 Å². The van der Waals surface area contributed by atoms with E-state index in [0.717, 1.165) is 15.6 Å². The maximum absolute atomic E-state index is 10.4. The molecule has 1 unspecified atom stereocenters. The minimum Gasteiger partial charge on any atom is -0.384 e. The number of fused-ring (bicyclic) bond motifs is 1. The number of aliphatic hydroxyl groups is 1. The van der Waals surface area contributed by atoms with Gasteiger partial charge < -0.3 is 9.84 Å². The van der Waals surface area contributed by atoms with Gasteiger partial charge in [0, 0.05) is 4.47 Å². The van der Waals surface area contributed by atoms with E-state index in [9.17, 15) is 5.11 Å². The van der Waals surface area contributed by atoms with E-state index in [2.05, 4.69) is 15.9 Å². The average molecular weight is 305 g/mol. The molecule has 0 radical (unpaired) electrons. The van der Waals surface area contributed by atoms with Crippen LogP contribution in [0.3, 0.4) is 0 Å². The Morgan fingerprint density at radius 2 is 1.61 bits per heavy atom. The molecule has 0 aromatic heterocycles. The molecule has 2 nitrogen and oxygen atoms in total. The normalized spacial score (nSPS) is 15.4. The Morgan fingerprint density at radius 1 is 0.944 bits per heavy atom. The molecule has 1 aliphatic heterocycles. The fourth-order valence-electron chi connectivity index (χ4n) is 2.20. The molecular formula is C15H13BrO2. The average Bonchev–Trinajstić information content (AvgIpc) is 2.86. The predicted molar refractivity (Wildman–Crippen MR) is 73.1 cm³/mol. The maximum Gasteiger partial charge on any atom is 0.104 e. The number of rotatable bonds is 2. The third-order valence-corrected chi connectivity index (χ3v) is 3.78. The van der Waals surface area contributed by atoms with Crippen LogP contribution in [0.5, 0.6) is 0 Å². The fourth-order valence-corrected chi connectivity index (χ4v) is 2.46. The molecule has 3 rings (SSSR count). The van der Waals surface area contributed by atoms with Crippen molar-refractivity contribution in [2.24, 2.45) is 0 Å². The van der Waals surface area contributed by atoms with E-state index >= 15 is 0 Å². The summed E-state index contributed by atoms with van der Waals surface area (Å²) in [6, 6.07) is 13.8. The first-order valence-corrected chi connectivity index (χ1v) is 6.66. The Morgan fingerprint density at radius 3 is 2.39 bits per heavy atom. The molecule has 1 N–H and O–H groups in total. The Kier molecular flexibility index (Phi) is 3.20. The first-order chi connectivity index (χ1) is 8.74. The van der Waals surface area contributed by atoms with Crippen LogP contribution in [0.4, 0.5) is 0 Å². The smallest absolute Gasteiger partial charge is 0.104 e. The second-order valence-electron chi connectivity index (χ2n) is 4.48. The van der Waals surface area contributed by atoms with Gasteiger partial charge in [-0.2, -0.15) is 0 Å². The molecule has 0 aliphatic carbocycles. The number of hydrogen-bond acceptors (Lipinski definition) is 2. The highest BCUT2D eigenvalue weighted by Gasteiger charge is 2.15. The van der Waals surface area contributed by atoms with E-state index in [1.165, 1.54) is 11.1 Å². The lowest BCUT2D eigenvalue weighted by Gasteiger charge is -2.12. The predicted octanol–water partition coefficient (Wildman–Crippen LogP) is 3.56. The minimum atomic E-state index is -0.580. The van der Waals surface area contributed by atoms with Crippen molar-refractivity contribution in [3.05, 3.63) is 69.2 Å². The van der Waals surface area contributed by atoms with Crippen molar-refractivity contribution in [1.29, 1.82) is 0 Å². The Bertz CT molecular complexity index is 563. The van der Waals surface area contributed by atoms with Crippen LogP contribution >= 0.6 is 15.9 Å². The van der Waals surface area contributed by atoms with Gasteiger partial charge in [-0.15, -0.1) is 0 Å². The standard InChI is InChI=1S/C15H13BrO2/c16-14-5-3-10(4-6-14)15(17)11-1-2-12-8-18-9-13(12)7-11/h1-7,15,17H,8-9H2. The Hall–Kier alpha value is -1.16. The first kappa shape index (κ1) is 11.9. The fraction of sp³-hybridized carbons (Fsp3) is 0.200. The lowest BCUT2D eigenvalue weighted by atomic mass is 9.98. The van der Waals surface area contributed by atoms with Gasteiger partial charge in [0.15, 0.2) is 0 Å². The molecule has 3 heteroatoms. The van der Waals surface area contributed by atoms with Gasteiger partial charge in [0.25, 0.3) is 0 Å². The summed E-state index contributed by atoms with van der Waals surface area (Å²) in [4.78, 5) is 0. The highest BCUT2D eigenvalue weighted by atomic mass is 79.9. The maximum atomic E-state index is 10.4. The highest BCUT2D eigenvalue weighted by Crippen LogP contribution is 2.28. The molecule has 1 aliphatic rings. The minimum absolute atomic E-state index is 0.580. The number of aliphatic hydroxyl groups excluding tert-OH is 1. The summed E-state index contributed by atoms with van der Waals surface area (Å²) in [6.45, 7) is 1.33. The van der Waals surface area contributed by atoms with Gasteiger partial charge >= 0.3 is 0 Å². The van der Waals surface area contributed by atoms with Crippen molar-refractivity contribution in [2.45, 2.75) is 19.3 Å². The molecule has 0 saturated heterocycles. The van der Waals surface area contributed by atoms with E-state index in [1.807, 2.05) is 42.5 Å². The highest BCUT2D eigenvalue weighted by molar-refractivity contribution is 9.10. The largest absolute Gasteiger partial charge is 0.384 e. The second kappa shape index (κ2) is 4.84. The van der Waals surface area contributed by atoms with Crippen LogP contribution < -0.4 is 0 Å². The third kappa shape index (κ3) is 2.21. The summed E-state index contributed by atoms with van der Waals surface area (Å²) in [6.07, 6.45) is -0.580. The molecule has 0 amide bonds. The third-order valence-electron chi connectivity index (χ3n) is 3.25. The van der Waals surface area contributed by atoms with Crippen LogP contribution in [0, 0.1) is 0 Å². The van der Waals surface area contributed by atoms with Crippen molar-refractivity contribution in [3.8, 4) is 0 Å².